The van der Waals surface area contributed by atoms with Crippen molar-refractivity contribution >= 4 is 17.0 Å². The summed E-state index contributed by atoms with van der Waals surface area (Å²) in [6.45, 7) is 0. The number of aromatic nitrogens is 1. The van der Waals surface area contributed by atoms with Crippen LogP contribution in [0.5, 0.6) is 0 Å². The number of nitro benzene ring substituents is 1. The molecule has 3 rings (SSSR count). The maximum absolute atomic E-state index is 12.9. The van der Waals surface area contributed by atoms with Gasteiger partial charge in [-0.3, -0.25) is 10.1 Å². The summed E-state index contributed by atoms with van der Waals surface area (Å²) < 4.78 is 12.9. The minimum Gasteiger partial charge on any atom is -0.258 e. The second-order valence-electron chi connectivity index (χ2n) is 4.73. The third kappa shape index (κ3) is 3.17. The van der Waals surface area contributed by atoms with Crippen molar-refractivity contribution in [2.45, 2.75) is 6.42 Å². The predicted octanol–water partition coefficient (Wildman–Crippen LogP) is 4.45. The van der Waals surface area contributed by atoms with Crippen molar-refractivity contribution in [2.75, 3.05) is 0 Å². The van der Waals surface area contributed by atoms with E-state index < -0.39 is 4.92 Å². The Hall–Kier alpha value is -2.60. The van der Waals surface area contributed by atoms with Gasteiger partial charge in [0.25, 0.3) is 5.69 Å². The summed E-state index contributed by atoms with van der Waals surface area (Å²) in [6.07, 6.45) is 0.615. The molecule has 0 aliphatic carbocycles. The Morgan fingerprint density at radius 2 is 1.77 bits per heavy atom. The zero-order valence-electron chi connectivity index (χ0n) is 11.4. The third-order valence-corrected chi connectivity index (χ3v) is 4.04. The second kappa shape index (κ2) is 6.03. The van der Waals surface area contributed by atoms with Crippen LogP contribution in [-0.2, 0) is 6.42 Å². The van der Waals surface area contributed by atoms with Gasteiger partial charge in [0.15, 0.2) is 0 Å². The van der Waals surface area contributed by atoms with Gasteiger partial charge in [0.1, 0.15) is 5.82 Å². The average Bonchev–Trinajstić information content (AvgIpc) is 2.97. The molecule has 6 heteroatoms. The Bertz CT molecular complexity index is 798. The smallest absolute Gasteiger partial charge is 0.258 e. The lowest BCUT2D eigenvalue weighted by Crippen LogP contribution is -1.90. The maximum atomic E-state index is 12.9. The molecule has 0 atom stereocenters. The Labute approximate surface area is 130 Å². The molecule has 3 aromatic rings. The summed E-state index contributed by atoms with van der Waals surface area (Å²) in [5.41, 5.74) is 2.72. The molecule has 0 N–H and O–H groups in total. The van der Waals surface area contributed by atoms with Crippen LogP contribution in [0.4, 0.5) is 10.1 Å². The summed E-state index contributed by atoms with van der Waals surface area (Å²) in [5.74, 6) is -0.273. The van der Waals surface area contributed by atoms with E-state index in [-0.39, 0.29) is 11.5 Å². The van der Waals surface area contributed by atoms with Gasteiger partial charge in [-0.2, -0.15) is 0 Å². The number of benzene rings is 2. The lowest BCUT2D eigenvalue weighted by molar-refractivity contribution is -0.384. The van der Waals surface area contributed by atoms with E-state index in [2.05, 4.69) is 4.98 Å². The predicted molar refractivity (Wildman–Crippen MR) is 83.4 cm³/mol. The number of nitrogens with zero attached hydrogens (tertiary/aromatic N) is 2. The Kier molecular flexibility index (Phi) is 3.93. The molecule has 0 spiro atoms. The average molecular weight is 314 g/mol. The highest BCUT2D eigenvalue weighted by atomic mass is 32.1. The molecule has 2 aromatic carbocycles. The first kappa shape index (κ1) is 14.3. The zero-order chi connectivity index (χ0) is 15.5. The van der Waals surface area contributed by atoms with Crippen molar-refractivity contribution in [3.8, 4) is 11.3 Å². The molecular formula is C16H11FN2O2S. The maximum Gasteiger partial charge on any atom is 0.269 e. The van der Waals surface area contributed by atoms with Crippen molar-refractivity contribution in [3.63, 3.8) is 0 Å². The summed E-state index contributed by atoms with van der Waals surface area (Å²) in [6, 6.07) is 12.7. The van der Waals surface area contributed by atoms with Crippen LogP contribution in [0.2, 0.25) is 0 Å². The molecule has 22 heavy (non-hydrogen) atoms. The van der Waals surface area contributed by atoms with Crippen LogP contribution < -0.4 is 0 Å². The summed E-state index contributed by atoms with van der Waals surface area (Å²) >= 11 is 1.52. The molecule has 4 nitrogen and oxygen atoms in total. The van der Waals surface area contributed by atoms with E-state index >= 15 is 0 Å². The molecule has 1 heterocycles. The second-order valence-corrected chi connectivity index (χ2v) is 5.68. The van der Waals surface area contributed by atoms with E-state index in [1.807, 2.05) is 5.38 Å². The highest BCUT2D eigenvalue weighted by molar-refractivity contribution is 7.10. The van der Waals surface area contributed by atoms with Crippen molar-refractivity contribution in [1.82, 2.24) is 4.98 Å². The van der Waals surface area contributed by atoms with Gasteiger partial charge < -0.3 is 0 Å². The Balaban J connectivity index is 1.76. The third-order valence-electron chi connectivity index (χ3n) is 3.19. The highest BCUT2D eigenvalue weighted by Gasteiger charge is 2.08. The van der Waals surface area contributed by atoms with Crippen LogP contribution in [0.15, 0.2) is 53.9 Å². The molecule has 0 saturated heterocycles. The number of non-ortho nitro benzene ring substituents is 1. The highest BCUT2D eigenvalue weighted by Crippen LogP contribution is 2.24. The van der Waals surface area contributed by atoms with Gasteiger partial charge in [-0.05, 0) is 29.8 Å². The molecule has 1 aromatic heterocycles. The van der Waals surface area contributed by atoms with E-state index in [1.165, 1.54) is 35.6 Å². The van der Waals surface area contributed by atoms with Crippen LogP contribution in [-0.4, -0.2) is 9.91 Å². The largest absolute Gasteiger partial charge is 0.269 e. The number of halogens is 1. The topological polar surface area (TPSA) is 56.0 Å². The van der Waals surface area contributed by atoms with E-state index in [1.54, 1.807) is 24.3 Å². The minimum absolute atomic E-state index is 0.0786. The number of thiazole rings is 1. The summed E-state index contributed by atoms with van der Waals surface area (Å²) in [7, 11) is 0. The van der Waals surface area contributed by atoms with Crippen LogP contribution in [0.25, 0.3) is 11.3 Å². The quantitative estimate of drug-likeness (QED) is 0.528. The first-order valence-corrected chi connectivity index (χ1v) is 7.43. The van der Waals surface area contributed by atoms with Gasteiger partial charge in [-0.15, -0.1) is 11.3 Å². The van der Waals surface area contributed by atoms with Gasteiger partial charge in [0.05, 0.1) is 15.6 Å². The molecule has 0 bridgehead atoms. The van der Waals surface area contributed by atoms with E-state index in [4.69, 9.17) is 0 Å². The van der Waals surface area contributed by atoms with Crippen molar-refractivity contribution in [3.05, 3.63) is 80.4 Å². The van der Waals surface area contributed by atoms with Crippen molar-refractivity contribution in [1.29, 1.82) is 0 Å². The summed E-state index contributed by atoms with van der Waals surface area (Å²) in [5, 5.41) is 13.5. The zero-order valence-corrected chi connectivity index (χ0v) is 12.2. The Morgan fingerprint density at radius 1 is 1.09 bits per heavy atom. The molecule has 0 saturated carbocycles. The van der Waals surface area contributed by atoms with E-state index in [9.17, 15) is 14.5 Å². The van der Waals surface area contributed by atoms with Gasteiger partial charge in [0.2, 0.25) is 0 Å². The number of hydrogen-bond donors (Lipinski definition) is 0. The number of hydrogen-bond acceptors (Lipinski definition) is 4. The van der Waals surface area contributed by atoms with Crippen LogP contribution >= 0.6 is 11.3 Å². The SMILES string of the molecule is O=[N+]([O-])c1ccc(Cc2nc(-c3ccc(F)cc3)cs2)cc1. The number of rotatable bonds is 4. The molecule has 0 unspecified atom stereocenters. The molecule has 0 aliphatic heterocycles. The van der Waals surface area contributed by atoms with Gasteiger partial charge in [0, 0.05) is 29.5 Å². The molecule has 0 radical (unpaired) electrons. The molecular weight excluding hydrogens is 303 g/mol. The normalized spacial score (nSPS) is 10.6. The summed E-state index contributed by atoms with van der Waals surface area (Å²) in [4.78, 5) is 14.7. The molecule has 0 aliphatic rings. The van der Waals surface area contributed by atoms with Gasteiger partial charge in [-0.25, -0.2) is 9.37 Å². The van der Waals surface area contributed by atoms with E-state index in [0.29, 0.717) is 6.42 Å². The minimum atomic E-state index is -0.417. The fourth-order valence-corrected chi connectivity index (χ4v) is 2.89. The molecule has 0 fully saturated rings. The van der Waals surface area contributed by atoms with Crippen LogP contribution in [0.3, 0.4) is 0 Å². The number of nitro groups is 1. The van der Waals surface area contributed by atoms with E-state index in [0.717, 1.165) is 21.8 Å². The molecule has 110 valence electrons. The standard InChI is InChI=1S/C16H11FN2O2S/c17-13-5-3-12(4-6-13)15-10-22-16(18-15)9-11-1-7-14(8-2-11)19(20)21/h1-8,10H,9H2. The molecule has 0 amide bonds. The fraction of sp³-hybridized carbons (Fsp3) is 0.0625. The van der Waals surface area contributed by atoms with Crippen molar-refractivity contribution in [2.24, 2.45) is 0 Å². The monoisotopic (exact) mass is 314 g/mol. The van der Waals surface area contributed by atoms with Crippen LogP contribution in [0, 0.1) is 15.9 Å². The van der Waals surface area contributed by atoms with Gasteiger partial charge in [-0.1, -0.05) is 12.1 Å². The first-order valence-electron chi connectivity index (χ1n) is 6.55. The lowest BCUT2D eigenvalue weighted by Gasteiger charge is -1.98. The van der Waals surface area contributed by atoms with Crippen molar-refractivity contribution < 1.29 is 9.31 Å². The first-order chi connectivity index (χ1) is 10.6. The fourth-order valence-electron chi connectivity index (χ4n) is 2.06. The van der Waals surface area contributed by atoms with Gasteiger partial charge >= 0.3 is 0 Å². The Morgan fingerprint density at radius 3 is 2.41 bits per heavy atom. The lowest BCUT2D eigenvalue weighted by atomic mass is 10.1. The van der Waals surface area contributed by atoms with Crippen LogP contribution in [0.1, 0.15) is 10.6 Å².